The van der Waals surface area contributed by atoms with E-state index in [1.54, 1.807) is 0 Å². The molecule has 0 aliphatic carbocycles. The van der Waals surface area contributed by atoms with Gasteiger partial charge in [-0.15, -0.1) is 0 Å². The summed E-state index contributed by atoms with van der Waals surface area (Å²) < 4.78 is 0. The molecule has 8 heteroatoms. The molecule has 4 heterocycles. The van der Waals surface area contributed by atoms with Crippen molar-refractivity contribution in [2.75, 3.05) is 0 Å². The van der Waals surface area contributed by atoms with Crippen molar-refractivity contribution < 1.29 is 0 Å². The summed E-state index contributed by atoms with van der Waals surface area (Å²) in [6, 6.07) is 111. The lowest BCUT2D eigenvalue weighted by Gasteiger charge is -2.14. The topological polar surface area (TPSA) is 103 Å². The fourth-order valence-electron chi connectivity index (χ4n) is 13.6. The van der Waals surface area contributed by atoms with Crippen LogP contribution < -0.4 is 0 Å². The van der Waals surface area contributed by atoms with Gasteiger partial charge in [0, 0.05) is 62.1 Å². The molecule has 0 unspecified atom stereocenters. The Labute approximate surface area is 553 Å². The molecule has 0 saturated heterocycles. The monoisotopic (exact) mass is 1220 g/mol. The second-order valence-corrected chi connectivity index (χ2v) is 24.2. The van der Waals surface area contributed by atoms with Gasteiger partial charge < -0.3 is 0 Å². The average molecular weight is 1220 g/mol. The largest absolute Gasteiger partial charge is 0.256 e. The van der Waals surface area contributed by atoms with E-state index in [1.165, 1.54) is 16.3 Å². The van der Waals surface area contributed by atoms with Crippen LogP contribution in [-0.2, 0) is 0 Å². The summed E-state index contributed by atoms with van der Waals surface area (Å²) >= 11 is 0. The third kappa shape index (κ3) is 10.2. The van der Waals surface area contributed by atoms with Crippen molar-refractivity contribution in [3.63, 3.8) is 0 Å². The zero-order chi connectivity index (χ0) is 63.5. The lowest BCUT2D eigenvalue weighted by molar-refractivity contribution is 1.07. The van der Waals surface area contributed by atoms with Gasteiger partial charge in [0.25, 0.3) is 0 Å². The van der Waals surface area contributed by atoms with Gasteiger partial charge in [-0.2, -0.15) is 0 Å². The van der Waals surface area contributed by atoms with Crippen molar-refractivity contribution in [1.82, 2.24) is 39.9 Å². The van der Waals surface area contributed by atoms with Gasteiger partial charge in [0.1, 0.15) is 0 Å². The first-order valence-electron chi connectivity index (χ1n) is 32.2. The summed E-state index contributed by atoms with van der Waals surface area (Å²) in [6.07, 6.45) is 3.80. The number of fused-ring (bicyclic) bond motifs is 6. The Bertz CT molecular complexity index is 5820. The zero-order valence-corrected chi connectivity index (χ0v) is 51.8. The van der Waals surface area contributed by atoms with Gasteiger partial charge in [-0.25, -0.2) is 29.9 Å². The number of hydrogen-bond donors (Lipinski definition) is 0. The van der Waals surface area contributed by atoms with Gasteiger partial charge >= 0.3 is 0 Å². The number of para-hydroxylation sites is 2. The highest BCUT2D eigenvalue weighted by Crippen LogP contribution is 2.41. The Morgan fingerprint density at radius 2 is 0.479 bits per heavy atom. The van der Waals surface area contributed by atoms with E-state index in [9.17, 15) is 0 Å². The molecule has 18 rings (SSSR count). The predicted molar refractivity (Wildman–Crippen MR) is 394 cm³/mol. The standard InChI is InChI=1S/C88H54N8/c1-3-16-66-53-68(47-29-55(66)13-1)87-94-86(95-88(96-87)69-48-30-56-14-2-4-17-67(56)54-69)65-45-37-61(38-46-65)74-50-52-90-82-79(74)26-12-27-80(82)77-25-11-23-75-72(22-10-24-76(75)77)59-33-41-63(42-34-59)84-91-83(62-39-31-58(32-40-62)71-21-9-18-57-15-5-6-19-70(57)71)92-85(93-84)64-43-35-60(36-44-64)73-49-51-89-81-28-8-7-20-78(73)81/h1-54H. The molecule has 446 valence electrons. The van der Waals surface area contributed by atoms with Crippen LogP contribution >= 0.6 is 0 Å². The molecular formula is C88H54N8. The summed E-state index contributed by atoms with van der Waals surface area (Å²) in [6.45, 7) is 0. The molecule has 0 fully saturated rings. The minimum absolute atomic E-state index is 0.587. The normalized spacial score (nSPS) is 11.5. The number of pyridine rings is 2. The Morgan fingerprint density at radius 1 is 0.167 bits per heavy atom. The number of rotatable bonds is 11. The van der Waals surface area contributed by atoms with Crippen LogP contribution in [0.5, 0.6) is 0 Å². The van der Waals surface area contributed by atoms with Gasteiger partial charge in [0.2, 0.25) is 0 Å². The molecule has 0 bridgehead atoms. The van der Waals surface area contributed by atoms with Crippen LogP contribution in [0.2, 0.25) is 0 Å². The number of hydrogen-bond acceptors (Lipinski definition) is 8. The smallest absolute Gasteiger partial charge is 0.164 e. The first kappa shape index (κ1) is 55.8. The third-order valence-corrected chi connectivity index (χ3v) is 18.5. The first-order chi connectivity index (χ1) is 47.5. The molecule has 18 aromatic rings. The predicted octanol–water partition coefficient (Wildman–Crippen LogP) is 22.1. The van der Waals surface area contributed by atoms with E-state index in [1.807, 2.05) is 24.5 Å². The summed E-state index contributed by atoms with van der Waals surface area (Å²) in [5.41, 5.74) is 18.3. The minimum Gasteiger partial charge on any atom is -0.256 e. The molecule has 0 amide bonds. The van der Waals surface area contributed by atoms with Crippen molar-refractivity contribution in [3.8, 4) is 124 Å². The minimum atomic E-state index is 0.587. The van der Waals surface area contributed by atoms with Gasteiger partial charge in [-0.1, -0.05) is 285 Å². The summed E-state index contributed by atoms with van der Waals surface area (Å²) in [5, 5.41) is 11.4. The summed E-state index contributed by atoms with van der Waals surface area (Å²) in [4.78, 5) is 40.7. The molecule has 0 spiro atoms. The molecular weight excluding hydrogens is 1170 g/mol. The van der Waals surface area contributed by atoms with E-state index in [2.05, 4.69) is 308 Å². The van der Waals surface area contributed by atoms with E-state index in [0.717, 1.165) is 138 Å². The third-order valence-electron chi connectivity index (χ3n) is 18.5. The highest BCUT2D eigenvalue weighted by atomic mass is 15.0. The van der Waals surface area contributed by atoms with Gasteiger partial charge in [-0.05, 0) is 123 Å². The number of nitrogens with zero attached hydrogens (tertiary/aromatic N) is 8. The quantitative estimate of drug-likeness (QED) is 0.126. The molecule has 4 aromatic heterocycles. The maximum absolute atomic E-state index is 5.21. The summed E-state index contributed by atoms with van der Waals surface area (Å²) in [7, 11) is 0. The van der Waals surface area contributed by atoms with E-state index >= 15 is 0 Å². The van der Waals surface area contributed by atoms with Gasteiger partial charge in [0.15, 0.2) is 34.9 Å². The van der Waals surface area contributed by atoms with Crippen LogP contribution in [0.25, 0.3) is 189 Å². The second kappa shape index (κ2) is 23.6. The van der Waals surface area contributed by atoms with Crippen molar-refractivity contribution in [3.05, 3.63) is 328 Å². The highest BCUT2D eigenvalue weighted by molar-refractivity contribution is 6.10. The zero-order valence-electron chi connectivity index (χ0n) is 51.8. The molecule has 0 aliphatic rings. The fraction of sp³-hybridized carbons (Fsp3) is 0. The number of benzene rings is 14. The Balaban J connectivity index is 0.669. The van der Waals surface area contributed by atoms with E-state index in [-0.39, 0.29) is 0 Å². The molecule has 0 N–H and O–H groups in total. The molecule has 0 aliphatic heterocycles. The van der Waals surface area contributed by atoms with E-state index < -0.39 is 0 Å². The lowest BCUT2D eigenvalue weighted by Crippen LogP contribution is -2.00. The van der Waals surface area contributed by atoms with E-state index in [0.29, 0.717) is 34.9 Å². The van der Waals surface area contributed by atoms with Gasteiger partial charge in [-0.3, -0.25) is 9.97 Å². The second-order valence-electron chi connectivity index (χ2n) is 24.2. The molecule has 0 atom stereocenters. The van der Waals surface area contributed by atoms with Crippen LogP contribution in [0.15, 0.2) is 328 Å². The van der Waals surface area contributed by atoms with Crippen LogP contribution in [0.4, 0.5) is 0 Å². The molecule has 14 aromatic carbocycles. The van der Waals surface area contributed by atoms with Crippen molar-refractivity contribution in [2.24, 2.45) is 0 Å². The first-order valence-corrected chi connectivity index (χ1v) is 32.2. The van der Waals surface area contributed by atoms with Crippen LogP contribution in [-0.4, -0.2) is 39.9 Å². The average Bonchev–Trinajstić information content (AvgIpc) is 0.801. The van der Waals surface area contributed by atoms with Crippen molar-refractivity contribution in [1.29, 1.82) is 0 Å². The van der Waals surface area contributed by atoms with Crippen LogP contribution in [0, 0.1) is 0 Å². The SMILES string of the molecule is c1ccc2cc(-c3nc(-c4ccc(-c5ccnc6c(-c7cccc8c(-c9ccc(-c%10nc(-c%11ccc(-c%12cccc%13ccccc%12%13)cc%11)nc(-c%11ccc(-c%12ccnc%13ccccc%12%13)cc%11)n%10)cc9)cccc78)cccc56)cc4)nc(-c4ccc5ccccc5c4)n3)ccc2c1. The summed E-state index contributed by atoms with van der Waals surface area (Å²) in [5.74, 6) is 3.62. The molecule has 0 radical (unpaired) electrons. The molecule has 0 saturated carbocycles. The Kier molecular flexibility index (Phi) is 13.7. The Morgan fingerprint density at radius 3 is 0.990 bits per heavy atom. The van der Waals surface area contributed by atoms with Crippen LogP contribution in [0.1, 0.15) is 0 Å². The highest BCUT2D eigenvalue weighted by Gasteiger charge is 2.19. The van der Waals surface area contributed by atoms with E-state index in [4.69, 9.17) is 34.9 Å². The van der Waals surface area contributed by atoms with Gasteiger partial charge in [0.05, 0.1) is 11.0 Å². The van der Waals surface area contributed by atoms with Crippen molar-refractivity contribution in [2.45, 2.75) is 0 Å². The number of aromatic nitrogens is 8. The maximum Gasteiger partial charge on any atom is 0.164 e. The molecule has 8 nitrogen and oxygen atoms in total. The maximum atomic E-state index is 5.21. The fourth-order valence-corrected chi connectivity index (χ4v) is 13.6. The van der Waals surface area contributed by atoms with Crippen LogP contribution in [0.3, 0.4) is 0 Å². The Hall–Kier alpha value is -13.0. The molecule has 96 heavy (non-hydrogen) atoms. The van der Waals surface area contributed by atoms with Crippen molar-refractivity contribution >= 4 is 64.9 Å². The lowest BCUT2D eigenvalue weighted by atomic mass is 9.91.